The molecule has 4 heterocycles. The number of rotatable bonds is 3. The highest BCUT2D eigenvalue weighted by molar-refractivity contribution is 7.10. The van der Waals surface area contributed by atoms with Crippen molar-refractivity contribution >= 4 is 39.8 Å². The second-order valence-corrected chi connectivity index (χ2v) is 5.10. The van der Waals surface area contributed by atoms with Gasteiger partial charge in [0.1, 0.15) is 5.00 Å². The number of allylic oxidation sites excluding steroid dienone is 1. The maximum Gasteiger partial charge on any atom is 0.180 e. The quantitative estimate of drug-likeness (QED) is 0.801. The molecule has 0 atom stereocenters. The van der Waals surface area contributed by atoms with E-state index >= 15 is 0 Å². The lowest BCUT2D eigenvalue weighted by molar-refractivity contribution is 1.11. The summed E-state index contributed by atoms with van der Waals surface area (Å²) in [7, 11) is 0. The van der Waals surface area contributed by atoms with Gasteiger partial charge in [-0.2, -0.15) is 4.37 Å². The van der Waals surface area contributed by atoms with Gasteiger partial charge < -0.3 is 5.32 Å². The lowest BCUT2D eigenvalue weighted by Crippen LogP contribution is -1.98. The van der Waals surface area contributed by atoms with Crippen molar-refractivity contribution in [3.63, 3.8) is 0 Å². The van der Waals surface area contributed by atoms with Crippen LogP contribution in [0.25, 0.3) is 11.2 Å². The summed E-state index contributed by atoms with van der Waals surface area (Å²) in [5.74, 6) is 0.721. The first kappa shape index (κ1) is 11.3. The van der Waals surface area contributed by atoms with Crippen molar-refractivity contribution in [3.8, 4) is 0 Å². The minimum atomic E-state index is 0.721. The fraction of sp³-hybridized carbons (Fsp3) is 0.0769. The average Bonchev–Trinajstić information content (AvgIpc) is 3.20. The summed E-state index contributed by atoms with van der Waals surface area (Å²) >= 11 is 1.39. The van der Waals surface area contributed by atoms with E-state index in [9.17, 15) is 0 Å². The van der Waals surface area contributed by atoms with Gasteiger partial charge in [-0.1, -0.05) is 6.08 Å². The molecule has 0 unspecified atom stereocenters. The summed E-state index contributed by atoms with van der Waals surface area (Å²) in [6, 6.07) is 1.91. The predicted octanol–water partition coefficient (Wildman–Crippen LogP) is 2.40. The van der Waals surface area contributed by atoms with Crippen molar-refractivity contribution in [3.05, 3.63) is 42.6 Å². The molecule has 6 nitrogen and oxygen atoms in total. The van der Waals surface area contributed by atoms with E-state index in [0.717, 1.165) is 34.3 Å². The van der Waals surface area contributed by atoms with Crippen LogP contribution in [0.1, 0.15) is 5.69 Å². The molecular formula is C13H10N6S. The third-order valence-electron chi connectivity index (χ3n) is 3.05. The van der Waals surface area contributed by atoms with Crippen LogP contribution >= 0.6 is 11.5 Å². The summed E-state index contributed by atoms with van der Waals surface area (Å²) < 4.78 is 6.08. The fourth-order valence-electron chi connectivity index (χ4n) is 2.14. The maximum absolute atomic E-state index is 4.46. The summed E-state index contributed by atoms with van der Waals surface area (Å²) in [6.07, 6.45) is 11.2. The predicted molar refractivity (Wildman–Crippen MR) is 79.7 cm³/mol. The first-order valence-corrected chi connectivity index (χ1v) is 6.89. The van der Waals surface area contributed by atoms with Crippen LogP contribution in [0.15, 0.2) is 41.9 Å². The first-order valence-electron chi connectivity index (χ1n) is 6.12. The molecule has 0 aromatic carbocycles. The van der Waals surface area contributed by atoms with Gasteiger partial charge in [-0.25, -0.2) is 9.97 Å². The first-order chi connectivity index (χ1) is 9.92. The number of nitrogens with zero attached hydrogens (tertiary/aromatic N) is 5. The third kappa shape index (κ3) is 1.79. The van der Waals surface area contributed by atoms with Crippen molar-refractivity contribution in [2.45, 2.75) is 0 Å². The van der Waals surface area contributed by atoms with E-state index in [1.54, 1.807) is 12.4 Å². The lowest BCUT2D eigenvalue weighted by atomic mass is 10.2. The molecule has 1 N–H and O–H groups in total. The third-order valence-corrected chi connectivity index (χ3v) is 3.71. The zero-order valence-electron chi connectivity index (χ0n) is 10.4. The van der Waals surface area contributed by atoms with Crippen molar-refractivity contribution in [1.82, 2.24) is 18.7 Å². The average molecular weight is 282 g/mol. The standard InChI is InChI=1S/C13H10N6S/c1-3-14-7-9(1)10-8-16-13-12(15-5-6-19(10)13)18-11-2-4-17-20-11/h1-2,4-8H,3H2,(H,15,18). The molecule has 0 spiro atoms. The zero-order chi connectivity index (χ0) is 13.4. The molecule has 0 saturated heterocycles. The smallest absolute Gasteiger partial charge is 0.180 e. The Balaban J connectivity index is 1.81. The maximum atomic E-state index is 4.46. The largest absolute Gasteiger partial charge is 0.328 e. The molecular weight excluding hydrogens is 272 g/mol. The van der Waals surface area contributed by atoms with E-state index in [2.05, 4.69) is 30.7 Å². The Hall–Kier alpha value is -2.54. The van der Waals surface area contributed by atoms with Crippen molar-refractivity contribution < 1.29 is 0 Å². The normalized spacial score (nSPS) is 13.9. The molecule has 0 bridgehead atoms. The molecule has 20 heavy (non-hydrogen) atoms. The highest BCUT2D eigenvalue weighted by Gasteiger charge is 2.12. The number of fused-ring (bicyclic) bond motifs is 1. The van der Waals surface area contributed by atoms with Gasteiger partial charge >= 0.3 is 0 Å². The van der Waals surface area contributed by atoms with Crippen LogP contribution in [0.5, 0.6) is 0 Å². The monoisotopic (exact) mass is 282 g/mol. The molecule has 7 heteroatoms. The molecule has 0 fully saturated rings. The van der Waals surface area contributed by atoms with E-state index in [4.69, 9.17) is 0 Å². The SMILES string of the molecule is C1=NCC=C1c1cnc2c(Nc3ccns3)nccn12. The summed E-state index contributed by atoms with van der Waals surface area (Å²) in [5.41, 5.74) is 2.90. The van der Waals surface area contributed by atoms with Crippen LogP contribution in [0.3, 0.4) is 0 Å². The van der Waals surface area contributed by atoms with Gasteiger partial charge in [0.25, 0.3) is 0 Å². The van der Waals surface area contributed by atoms with Gasteiger partial charge in [0.05, 0.1) is 18.4 Å². The number of aromatic nitrogens is 4. The van der Waals surface area contributed by atoms with Gasteiger partial charge in [-0.3, -0.25) is 9.39 Å². The second-order valence-electron chi connectivity index (χ2n) is 4.27. The van der Waals surface area contributed by atoms with Crippen LogP contribution in [-0.2, 0) is 0 Å². The number of imidazole rings is 1. The van der Waals surface area contributed by atoms with Crippen molar-refractivity contribution in [2.24, 2.45) is 4.99 Å². The summed E-state index contributed by atoms with van der Waals surface area (Å²) in [4.78, 5) is 13.0. The Morgan fingerprint density at radius 2 is 2.25 bits per heavy atom. The van der Waals surface area contributed by atoms with Gasteiger partial charge in [0.2, 0.25) is 0 Å². The minimum absolute atomic E-state index is 0.721. The molecule has 0 aliphatic carbocycles. The molecule has 0 amide bonds. The number of hydrogen-bond donors (Lipinski definition) is 1. The zero-order valence-corrected chi connectivity index (χ0v) is 11.2. The van der Waals surface area contributed by atoms with Gasteiger partial charge in [-0.15, -0.1) is 0 Å². The number of aliphatic imine (C=N–C) groups is 1. The summed E-state index contributed by atoms with van der Waals surface area (Å²) in [5, 5.41) is 4.18. The minimum Gasteiger partial charge on any atom is -0.328 e. The molecule has 4 rings (SSSR count). The summed E-state index contributed by atoms with van der Waals surface area (Å²) in [6.45, 7) is 0.736. The Morgan fingerprint density at radius 3 is 3.05 bits per heavy atom. The second kappa shape index (κ2) is 4.53. The van der Waals surface area contributed by atoms with Crippen molar-refractivity contribution in [1.29, 1.82) is 0 Å². The number of nitrogens with one attached hydrogen (secondary N) is 1. The van der Waals surface area contributed by atoms with Crippen LogP contribution in [0.2, 0.25) is 0 Å². The molecule has 0 radical (unpaired) electrons. The molecule has 98 valence electrons. The molecule has 1 aliphatic heterocycles. The highest BCUT2D eigenvalue weighted by Crippen LogP contribution is 2.24. The Kier molecular flexibility index (Phi) is 2.56. The van der Waals surface area contributed by atoms with E-state index in [-0.39, 0.29) is 0 Å². The van der Waals surface area contributed by atoms with Gasteiger partial charge in [0.15, 0.2) is 11.5 Å². The number of hydrogen-bond acceptors (Lipinski definition) is 6. The van der Waals surface area contributed by atoms with E-state index < -0.39 is 0 Å². The molecule has 0 saturated carbocycles. The molecule has 1 aliphatic rings. The van der Waals surface area contributed by atoms with Crippen molar-refractivity contribution in [2.75, 3.05) is 11.9 Å². The van der Waals surface area contributed by atoms with Crippen LogP contribution in [0, 0.1) is 0 Å². The highest BCUT2D eigenvalue weighted by atomic mass is 32.1. The molecule has 3 aromatic heterocycles. The molecule has 3 aromatic rings. The lowest BCUT2D eigenvalue weighted by Gasteiger charge is -2.05. The van der Waals surface area contributed by atoms with Crippen LogP contribution in [0.4, 0.5) is 10.8 Å². The topological polar surface area (TPSA) is 67.5 Å². The fourth-order valence-corrected chi connectivity index (χ4v) is 2.64. The van der Waals surface area contributed by atoms with E-state index in [1.165, 1.54) is 11.5 Å². The van der Waals surface area contributed by atoms with Gasteiger partial charge in [-0.05, 0) is 17.6 Å². The Labute approximate surface area is 118 Å². The van der Waals surface area contributed by atoms with E-state index in [1.807, 2.05) is 29.1 Å². The Morgan fingerprint density at radius 1 is 1.25 bits per heavy atom. The van der Waals surface area contributed by atoms with Crippen LogP contribution in [-0.4, -0.2) is 31.5 Å². The van der Waals surface area contributed by atoms with Crippen LogP contribution < -0.4 is 5.32 Å². The van der Waals surface area contributed by atoms with Gasteiger partial charge in [0, 0.05) is 30.4 Å². The number of anilines is 2. The van der Waals surface area contributed by atoms with E-state index in [0.29, 0.717) is 0 Å². The Bertz CT molecular complexity index is 815.